The number of fused-ring (bicyclic) bond motifs is 9. The average Bonchev–Trinajstić information content (AvgIpc) is 3.91. The number of aromatic nitrogens is 3. The molecule has 6 heteroatoms. The van der Waals surface area contributed by atoms with E-state index in [1.807, 2.05) is 72.8 Å². The molecule has 0 spiro atoms. The number of nitriles is 3. The van der Waals surface area contributed by atoms with Crippen molar-refractivity contribution in [1.82, 2.24) is 13.7 Å². The molecule has 0 amide bonds. The van der Waals surface area contributed by atoms with Gasteiger partial charge in [0, 0.05) is 43.6 Å². The molecule has 0 saturated carbocycles. The van der Waals surface area contributed by atoms with Crippen LogP contribution in [0.15, 0.2) is 170 Å². The maximum atomic E-state index is 10.6. The Morgan fingerprint density at radius 2 is 0.912 bits per heavy atom. The van der Waals surface area contributed by atoms with Crippen LogP contribution in [-0.2, 0) is 0 Å². The maximum Gasteiger partial charge on any atom is 0.101 e. The topological polar surface area (TPSA) is 86.2 Å². The van der Waals surface area contributed by atoms with E-state index in [4.69, 9.17) is 0 Å². The largest absolute Gasteiger partial charge is 0.307 e. The van der Waals surface area contributed by atoms with Gasteiger partial charge in [0.15, 0.2) is 0 Å². The molecule has 11 rings (SSSR count). The molecule has 262 valence electrons. The van der Waals surface area contributed by atoms with Gasteiger partial charge >= 0.3 is 0 Å². The Kier molecular flexibility index (Phi) is 6.95. The van der Waals surface area contributed by atoms with Crippen molar-refractivity contribution >= 4 is 65.4 Å². The highest BCUT2D eigenvalue weighted by Gasteiger charge is 2.23. The molecule has 0 aliphatic heterocycles. The van der Waals surface area contributed by atoms with Gasteiger partial charge in [0.2, 0.25) is 0 Å². The number of rotatable bonds is 4. The van der Waals surface area contributed by atoms with Gasteiger partial charge in [-0.2, -0.15) is 15.8 Å². The summed E-state index contributed by atoms with van der Waals surface area (Å²) >= 11 is 0. The van der Waals surface area contributed by atoms with Gasteiger partial charge in [-0.3, -0.25) is 0 Å². The first-order chi connectivity index (χ1) is 28.2. The Morgan fingerprint density at radius 1 is 0.368 bits per heavy atom. The molecule has 0 N–H and O–H groups in total. The van der Waals surface area contributed by atoms with Crippen LogP contribution in [0.3, 0.4) is 0 Å². The van der Waals surface area contributed by atoms with Gasteiger partial charge in [-0.15, -0.1) is 0 Å². The molecule has 11 aromatic rings. The predicted molar refractivity (Wildman–Crippen MR) is 229 cm³/mol. The molecule has 6 nitrogen and oxygen atoms in total. The Morgan fingerprint density at radius 3 is 1.51 bits per heavy atom. The lowest BCUT2D eigenvalue weighted by Crippen LogP contribution is -2.03. The number of hydrogen-bond acceptors (Lipinski definition) is 3. The van der Waals surface area contributed by atoms with Crippen LogP contribution < -0.4 is 0 Å². The molecule has 0 radical (unpaired) electrons. The third kappa shape index (κ3) is 4.61. The Balaban J connectivity index is 1.25. The lowest BCUT2D eigenvalue weighted by molar-refractivity contribution is 1.13. The molecule has 3 aromatic heterocycles. The van der Waals surface area contributed by atoms with Gasteiger partial charge in [0.05, 0.1) is 73.3 Å². The number of para-hydroxylation sites is 6. The molecule has 0 unspecified atom stereocenters. The summed E-state index contributed by atoms with van der Waals surface area (Å²) in [5.41, 5.74) is 11.7. The van der Waals surface area contributed by atoms with Crippen molar-refractivity contribution in [2.45, 2.75) is 0 Å². The number of hydrogen-bond donors (Lipinski definition) is 0. The van der Waals surface area contributed by atoms with E-state index in [1.54, 1.807) is 0 Å². The normalized spacial score (nSPS) is 11.5. The molecule has 0 saturated heterocycles. The van der Waals surface area contributed by atoms with Crippen LogP contribution in [0.25, 0.3) is 93.6 Å². The van der Waals surface area contributed by atoms with Gasteiger partial charge in [-0.25, -0.2) is 0 Å². The first kappa shape index (κ1) is 32.1. The monoisotopic (exact) mass is 724 g/mol. The predicted octanol–water partition coefficient (Wildman–Crippen LogP) is 12.3. The first-order valence-corrected chi connectivity index (χ1v) is 18.7. The zero-order valence-electron chi connectivity index (χ0n) is 30.3. The van der Waals surface area contributed by atoms with E-state index in [2.05, 4.69) is 129 Å². The minimum atomic E-state index is 0.482. The van der Waals surface area contributed by atoms with E-state index in [9.17, 15) is 15.8 Å². The summed E-state index contributed by atoms with van der Waals surface area (Å²) in [6, 6.07) is 64.6. The number of benzene rings is 8. The van der Waals surface area contributed by atoms with Crippen molar-refractivity contribution in [2.24, 2.45) is 0 Å². The second-order valence-electron chi connectivity index (χ2n) is 14.3. The molecule has 0 aliphatic rings. The van der Waals surface area contributed by atoms with Crippen LogP contribution in [-0.4, -0.2) is 13.7 Å². The molecule has 0 aliphatic carbocycles. The van der Waals surface area contributed by atoms with Gasteiger partial charge < -0.3 is 13.7 Å². The lowest BCUT2D eigenvalue weighted by atomic mass is 9.97. The van der Waals surface area contributed by atoms with E-state index in [1.165, 1.54) is 0 Å². The van der Waals surface area contributed by atoms with Gasteiger partial charge in [-0.1, -0.05) is 97.1 Å². The van der Waals surface area contributed by atoms with Crippen LogP contribution >= 0.6 is 0 Å². The summed E-state index contributed by atoms with van der Waals surface area (Å²) in [7, 11) is 0. The molecule has 0 fully saturated rings. The SMILES string of the molecule is N#Cc1cc(-c2cccc(C#N)c2-n2c3ccccc3c3ccccc32)cc(-n2c3ccc(C#N)cc3c3cccc(-n4c5ccccc5c5ccccc54)c32)c1. The van der Waals surface area contributed by atoms with Crippen LogP contribution in [0.1, 0.15) is 16.7 Å². The van der Waals surface area contributed by atoms with Crippen molar-refractivity contribution < 1.29 is 0 Å². The van der Waals surface area contributed by atoms with Crippen LogP contribution in [0.4, 0.5) is 0 Å². The van der Waals surface area contributed by atoms with Crippen molar-refractivity contribution in [3.63, 3.8) is 0 Å². The van der Waals surface area contributed by atoms with Crippen molar-refractivity contribution in [2.75, 3.05) is 0 Å². The zero-order valence-corrected chi connectivity index (χ0v) is 30.3. The third-order valence-corrected chi connectivity index (χ3v) is 11.3. The minimum absolute atomic E-state index is 0.482. The Hall–Kier alpha value is -8.37. The van der Waals surface area contributed by atoms with Crippen LogP contribution in [0.2, 0.25) is 0 Å². The fraction of sp³-hybridized carbons (Fsp3) is 0. The molecule has 57 heavy (non-hydrogen) atoms. The van der Waals surface area contributed by atoms with Crippen LogP contribution in [0.5, 0.6) is 0 Å². The first-order valence-electron chi connectivity index (χ1n) is 18.7. The zero-order chi connectivity index (χ0) is 38.2. The quantitative estimate of drug-likeness (QED) is 0.181. The molecular formula is C51H28N6. The van der Waals surface area contributed by atoms with E-state index < -0.39 is 0 Å². The lowest BCUT2D eigenvalue weighted by Gasteiger charge is -2.18. The molecular weight excluding hydrogens is 697 g/mol. The summed E-state index contributed by atoms with van der Waals surface area (Å²) < 4.78 is 6.73. The second kappa shape index (κ2) is 12.3. The Labute approximate surface area is 326 Å². The van der Waals surface area contributed by atoms with E-state index in [0.717, 1.165) is 93.6 Å². The van der Waals surface area contributed by atoms with Gasteiger partial charge in [-0.05, 0) is 78.4 Å². The fourth-order valence-electron chi connectivity index (χ4n) is 8.98. The molecule has 3 heterocycles. The molecule has 8 aromatic carbocycles. The minimum Gasteiger partial charge on any atom is -0.307 e. The summed E-state index contributed by atoms with van der Waals surface area (Å²) in [6.45, 7) is 0. The standard InChI is InChI=1S/C51H28N6/c52-29-32-23-24-48-43(27-32)42-17-10-22-49(56-44-18-5-1-12-38(44)39-13-2-6-19-45(39)56)51(42)55(48)36-26-33(30-53)25-35(28-36)37-16-9-11-34(31-54)50(37)57-46-20-7-3-14-40(46)41-15-4-8-21-47(41)57/h1-28H. The third-order valence-electron chi connectivity index (χ3n) is 11.3. The van der Waals surface area contributed by atoms with E-state index in [-0.39, 0.29) is 0 Å². The smallest absolute Gasteiger partial charge is 0.101 e. The van der Waals surface area contributed by atoms with Crippen molar-refractivity contribution in [1.29, 1.82) is 15.8 Å². The summed E-state index contributed by atoms with van der Waals surface area (Å²) in [5, 5.41) is 37.7. The van der Waals surface area contributed by atoms with E-state index in [0.29, 0.717) is 16.7 Å². The van der Waals surface area contributed by atoms with Crippen molar-refractivity contribution in [3.8, 4) is 46.4 Å². The van der Waals surface area contributed by atoms with Gasteiger partial charge in [0.25, 0.3) is 0 Å². The molecule has 0 bridgehead atoms. The van der Waals surface area contributed by atoms with Crippen molar-refractivity contribution in [3.05, 3.63) is 187 Å². The Bertz CT molecular complexity index is 3520. The fourth-order valence-corrected chi connectivity index (χ4v) is 8.98. The molecule has 0 atom stereocenters. The highest BCUT2D eigenvalue weighted by atomic mass is 15.1. The summed E-state index contributed by atoms with van der Waals surface area (Å²) in [6.07, 6.45) is 0. The van der Waals surface area contributed by atoms with Crippen LogP contribution in [0, 0.1) is 34.0 Å². The average molecular weight is 725 g/mol. The summed E-state index contributed by atoms with van der Waals surface area (Å²) in [5.74, 6) is 0. The van der Waals surface area contributed by atoms with E-state index >= 15 is 0 Å². The highest BCUT2D eigenvalue weighted by Crippen LogP contribution is 2.42. The highest BCUT2D eigenvalue weighted by molar-refractivity contribution is 6.15. The second-order valence-corrected chi connectivity index (χ2v) is 14.3. The van der Waals surface area contributed by atoms with Gasteiger partial charge in [0.1, 0.15) is 6.07 Å². The maximum absolute atomic E-state index is 10.6. The number of nitrogens with zero attached hydrogens (tertiary/aromatic N) is 6. The summed E-state index contributed by atoms with van der Waals surface area (Å²) in [4.78, 5) is 0.